The Morgan fingerprint density at radius 3 is 2.85 bits per heavy atom. The minimum Gasteiger partial charge on any atom is -0.384 e. The van der Waals surface area contributed by atoms with Crippen molar-refractivity contribution in [1.82, 2.24) is 5.32 Å². The summed E-state index contributed by atoms with van der Waals surface area (Å²) in [6.45, 7) is 2.16. The molecule has 20 heavy (non-hydrogen) atoms. The highest BCUT2D eigenvalue weighted by molar-refractivity contribution is 7.84. The SMILES string of the molecule is Cc1ccc(C#CCO)cc1C(=O)NCCCS(C)=O. The third-order valence-electron chi connectivity index (χ3n) is 2.69. The van der Waals surface area contributed by atoms with E-state index in [1.54, 1.807) is 12.3 Å². The standard InChI is InChI=1S/C15H19NO3S/c1-12-6-7-13(5-3-9-17)11-14(12)15(18)16-8-4-10-20(2)19/h6-7,11,17H,4,8-10H2,1-2H3,(H,16,18). The lowest BCUT2D eigenvalue weighted by Crippen LogP contribution is -2.26. The van der Waals surface area contributed by atoms with Crippen molar-refractivity contribution in [3.63, 3.8) is 0 Å². The first-order chi connectivity index (χ1) is 9.54. The lowest BCUT2D eigenvalue weighted by Gasteiger charge is -2.08. The summed E-state index contributed by atoms with van der Waals surface area (Å²) in [6.07, 6.45) is 2.34. The highest BCUT2D eigenvalue weighted by atomic mass is 32.2. The zero-order chi connectivity index (χ0) is 15.0. The summed E-state index contributed by atoms with van der Waals surface area (Å²) in [6, 6.07) is 5.36. The van der Waals surface area contributed by atoms with Crippen molar-refractivity contribution in [3.8, 4) is 11.8 Å². The molecule has 1 unspecified atom stereocenters. The van der Waals surface area contributed by atoms with E-state index < -0.39 is 10.8 Å². The van der Waals surface area contributed by atoms with Crippen molar-refractivity contribution in [3.05, 3.63) is 34.9 Å². The van der Waals surface area contributed by atoms with Crippen LogP contribution in [0.2, 0.25) is 0 Å². The number of rotatable bonds is 5. The van der Waals surface area contributed by atoms with Gasteiger partial charge in [0.2, 0.25) is 0 Å². The molecule has 108 valence electrons. The van der Waals surface area contributed by atoms with E-state index in [9.17, 15) is 9.00 Å². The summed E-state index contributed by atoms with van der Waals surface area (Å²) in [7, 11) is -0.830. The third kappa shape index (κ3) is 5.55. The number of carbonyl (C=O) groups is 1. The van der Waals surface area contributed by atoms with Crippen molar-refractivity contribution in [2.24, 2.45) is 0 Å². The summed E-state index contributed by atoms with van der Waals surface area (Å²) in [5, 5.41) is 11.5. The maximum Gasteiger partial charge on any atom is 0.251 e. The van der Waals surface area contributed by atoms with E-state index in [2.05, 4.69) is 17.2 Å². The molecule has 0 heterocycles. The first-order valence-electron chi connectivity index (χ1n) is 6.33. The second kappa shape index (κ2) is 8.51. The first-order valence-corrected chi connectivity index (χ1v) is 8.06. The maximum absolute atomic E-state index is 12.1. The van der Waals surface area contributed by atoms with E-state index in [4.69, 9.17) is 5.11 Å². The minimum absolute atomic E-state index is 0.156. The molecule has 0 saturated heterocycles. The first kappa shape index (κ1) is 16.4. The molecule has 0 aromatic heterocycles. The Labute approximate surface area is 122 Å². The molecule has 0 fully saturated rings. The number of hydrogen-bond acceptors (Lipinski definition) is 3. The van der Waals surface area contributed by atoms with E-state index >= 15 is 0 Å². The van der Waals surface area contributed by atoms with E-state index in [1.165, 1.54) is 0 Å². The Balaban J connectivity index is 2.69. The van der Waals surface area contributed by atoms with Crippen LogP contribution in [-0.2, 0) is 10.8 Å². The summed E-state index contributed by atoms with van der Waals surface area (Å²) < 4.78 is 10.9. The molecule has 1 aromatic rings. The van der Waals surface area contributed by atoms with Crippen LogP contribution in [0.25, 0.3) is 0 Å². The third-order valence-corrected chi connectivity index (χ3v) is 3.55. The molecule has 2 N–H and O–H groups in total. The molecule has 0 bridgehead atoms. The van der Waals surface area contributed by atoms with Gasteiger partial charge in [-0.1, -0.05) is 17.9 Å². The fourth-order valence-corrected chi connectivity index (χ4v) is 2.21. The molecular weight excluding hydrogens is 274 g/mol. The number of nitrogens with one attached hydrogen (secondary N) is 1. The van der Waals surface area contributed by atoms with Gasteiger partial charge < -0.3 is 10.4 Å². The monoisotopic (exact) mass is 293 g/mol. The summed E-state index contributed by atoms with van der Waals surface area (Å²) in [4.78, 5) is 12.1. The molecule has 0 radical (unpaired) electrons. The van der Waals surface area contributed by atoms with E-state index in [1.807, 2.05) is 19.1 Å². The van der Waals surface area contributed by atoms with E-state index in [0.717, 1.165) is 5.56 Å². The van der Waals surface area contributed by atoms with Gasteiger partial charge in [0.05, 0.1) is 0 Å². The second-order valence-corrected chi connectivity index (χ2v) is 5.93. The van der Waals surface area contributed by atoms with Gasteiger partial charge >= 0.3 is 0 Å². The fourth-order valence-electron chi connectivity index (χ4n) is 1.66. The summed E-state index contributed by atoms with van der Waals surface area (Å²) >= 11 is 0. The molecule has 4 nitrogen and oxygen atoms in total. The molecule has 1 amide bonds. The predicted octanol–water partition coefficient (Wildman–Crippen LogP) is 0.837. The second-order valence-electron chi connectivity index (χ2n) is 4.38. The van der Waals surface area contributed by atoms with Crippen LogP contribution in [0.4, 0.5) is 0 Å². The van der Waals surface area contributed by atoms with Gasteiger partial charge in [0.1, 0.15) is 6.61 Å². The molecule has 0 aliphatic rings. The number of aliphatic hydroxyl groups is 1. The van der Waals surface area contributed by atoms with Crippen molar-refractivity contribution in [2.75, 3.05) is 25.2 Å². The van der Waals surface area contributed by atoms with Crippen LogP contribution in [0.5, 0.6) is 0 Å². The topological polar surface area (TPSA) is 66.4 Å². The van der Waals surface area contributed by atoms with Gasteiger partial charge in [-0.2, -0.15) is 0 Å². The summed E-state index contributed by atoms with van der Waals surface area (Å²) in [5.41, 5.74) is 2.15. The smallest absolute Gasteiger partial charge is 0.251 e. The largest absolute Gasteiger partial charge is 0.384 e. The quantitative estimate of drug-likeness (QED) is 0.624. The number of aryl methyl sites for hydroxylation is 1. The number of aliphatic hydroxyl groups excluding tert-OH is 1. The molecule has 0 spiro atoms. The van der Waals surface area contributed by atoms with Gasteiger partial charge in [0.15, 0.2) is 0 Å². The van der Waals surface area contributed by atoms with E-state index in [-0.39, 0.29) is 12.5 Å². The van der Waals surface area contributed by atoms with Crippen molar-refractivity contribution in [2.45, 2.75) is 13.3 Å². The molecule has 0 aliphatic carbocycles. The van der Waals surface area contributed by atoms with Gasteiger partial charge in [-0.25, -0.2) is 0 Å². The zero-order valence-electron chi connectivity index (χ0n) is 11.7. The van der Waals surface area contributed by atoms with Crippen molar-refractivity contribution < 1.29 is 14.1 Å². The van der Waals surface area contributed by atoms with Crippen LogP contribution in [0.15, 0.2) is 18.2 Å². The minimum atomic E-state index is -0.830. The average molecular weight is 293 g/mol. The van der Waals surface area contributed by atoms with Crippen LogP contribution in [-0.4, -0.2) is 40.4 Å². The Hall–Kier alpha value is -1.64. The van der Waals surface area contributed by atoms with Gasteiger partial charge in [-0.15, -0.1) is 0 Å². The molecule has 0 saturated carbocycles. The average Bonchev–Trinajstić information content (AvgIpc) is 2.42. The van der Waals surface area contributed by atoms with Crippen LogP contribution in [0.1, 0.15) is 27.9 Å². The van der Waals surface area contributed by atoms with Crippen molar-refractivity contribution in [1.29, 1.82) is 0 Å². The highest BCUT2D eigenvalue weighted by Gasteiger charge is 2.08. The molecule has 5 heteroatoms. The zero-order valence-corrected chi connectivity index (χ0v) is 12.5. The number of hydrogen-bond donors (Lipinski definition) is 2. The number of carbonyl (C=O) groups excluding carboxylic acids is 1. The Bertz CT molecular complexity index is 558. The fraction of sp³-hybridized carbons (Fsp3) is 0.400. The Morgan fingerprint density at radius 1 is 1.45 bits per heavy atom. The summed E-state index contributed by atoms with van der Waals surface area (Å²) in [5.74, 6) is 5.76. The van der Waals surface area contributed by atoms with Crippen LogP contribution in [0.3, 0.4) is 0 Å². The number of benzene rings is 1. The lowest BCUT2D eigenvalue weighted by atomic mass is 10.0. The van der Waals surface area contributed by atoms with Crippen molar-refractivity contribution >= 4 is 16.7 Å². The molecule has 1 rings (SSSR count). The van der Waals surface area contributed by atoms with Crippen LogP contribution in [0, 0.1) is 18.8 Å². The molecule has 1 aromatic carbocycles. The maximum atomic E-state index is 12.1. The highest BCUT2D eigenvalue weighted by Crippen LogP contribution is 2.10. The molecule has 0 aliphatic heterocycles. The number of amides is 1. The van der Waals surface area contributed by atoms with Crippen LogP contribution >= 0.6 is 0 Å². The van der Waals surface area contributed by atoms with Gasteiger partial charge in [0, 0.05) is 40.5 Å². The normalized spacial score (nSPS) is 11.3. The van der Waals surface area contributed by atoms with Gasteiger partial charge in [-0.3, -0.25) is 9.00 Å². The van der Waals surface area contributed by atoms with E-state index in [0.29, 0.717) is 29.8 Å². The Kier molecular flexibility index (Phi) is 6.99. The predicted molar refractivity (Wildman–Crippen MR) is 81.0 cm³/mol. The lowest BCUT2D eigenvalue weighted by molar-refractivity contribution is 0.0953. The van der Waals surface area contributed by atoms with Gasteiger partial charge in [0.25, 0.3) is 5.91 Å². The molecule has 1 atom stereocenters. The van der Waals surface area contributed by atoms with Crippen LogP contribution < -0.4 is 5.32 Å². The van der Waals surface area contributed by atoms with Gasteiger partial charge in [-0.05, 0) is 31.0 Å². The Morgan fingerprint density at radius 2 is 2.20 bits per heavy atom. The molecular formula is C15H19NO3S.